The van der Waals surface area contributed by atoms with Crippen LogP contribution < -0.4 is 5.56 Å². The summed E-state index contributed by atoms with van der Waals surface area (Å²) < 4.78 is 3.20. The standard InChI is InChI=1S/C27H22ClN5O2/c1-31(26(34)22-15-29-24-13-7-8-14-33(24)27(22)35)16-21-18-32(17-20-11-5-6-12-23(20)28)30-25(21)19-9-3-2-4-10-19/h2-15,18H,16-17H2,1H3. The monoisotopic (exact) mass is 483 g/mol. The van der Waals surface area contributed by atoms with Crippen LogP contribution in [0.3, 0.4) is 0 Å². The SMILES string of the molecule is CN(Cc1cn(Cc2ccccc2Cl)nc1-c1ccccc1)C(=O)c1cnc2ccccn2c1=O. The molecule has 0 N–H and O–H groups in total. The summed E-state index contributed by atoms with van der Waals surface area (Å²) >= 11 is 6.36. The smallest absolute Gasteiger partial charge is 0.270 e. The van der Waals surface area contributed by atoms with E-state index in [9.17, 15) is 9.59 Å². The average Bonchev–Trinajstić information content (AvgIpc) is 3.28. The minimum Gasteiger partial charge on any atom is -0.337 e. The topological polar surface area (TPSA) is 72.5 Å². The van der Waals surface area contributed by atoms with E-state index in [0.717, 1.165) is 22.4 Å². The number of hydrogen-bond acceptors (Lipinski definition) is 4. The molecule has 0 radical (unpaired) electrons. The Morgan fingerprint density at radius 1 is 0.971 bits per heavy atom. The molecule has 3 heterocycles. The van der Waals surface area contributed by atoms with Crippen molar-refractivity contribution >= 4 is 23.2 Å². The molecule has 0 aliphatic heterocycles. The number of carbonyl (C=O) groups excluding carboxylic acids is 1. The molecule has 0 spiro atoms. The van der Waals surface area contributed by atoms with E-state index in [1.54, 1.807) is 31.4 Å². The minimum absolute atomic E-state index is 0.0147. The van der Waals surface area contributed by atoms with Gasteiger partial charge in [-0.25, -0.2) is 4.98 Å². The van der Waals surface area contributed by atoms with Crippen LogP contribution in [0.25, 0.3) is 16.9 Å². The molecule has 0 fully saturated rings. The Kier molecular flexibility index (Phi) is 6.16. The van der Waals surface area contributed by atoms with E-state index in [4.69, 9.17) is 16.7 Å². The molecule has 0 aliphatic rings. The summed E-state index contributed by atoms with van der Waals surface area (Å²) in [5.74, 6) is -0.404. The molecule has 0 saturated heterocycles. The maximum Gasteiger partial charge on any atom is 0.270 e. The van der Waals surface area contributed by atoms with E-state index in [1.807, 2.05) is 65.5 Å². The number of halogens is 1. The van der Waals surface area contributed by atoms with Gasteiger partial charge in [0, 0.05) is 48.3 Å². The van der Waals surface area contributed by atoms with Crippen molar-refractivity contribution in [2.75, 3.05) is 7.05 Å². The van der Waals surface area contributed by atoms with E-state index in [1.165, 1.54) is 15.5 Å². The van der Waals surface area contributed by atoms with Crippen LogP contribution in [0.4, 0.5) is 0 Å². The van der Waals surface area contributed by atoms with Gasteiger partial charge in [-0.3, -0.25) is 18.7 Å². The molecule has 0 bridgehead atoms. The van der Waals surface area contributed by atoms with Gasteiger partial charge in [0.1, 0.15) is 11.2 Å². The summed E-state index contributed by atoms with van der Waals surface area (Å²) in [6, 6.07) is 22.7. The number of rotatable bonds is 6. The van der Waals surface area contributed by atoms with Gasteiger partial charge in [0.25, 0.3) is 11.5 Å². The maximum absolute atomic E-state index is 13.2. The molecule has 174 valence electrons. The molecule has 0 atom stereocenters. The molecule has 35 heavy (non-hydrogen) atoms. The van der Waals surface area contributed by atoms with Crippen LogP contribution in [0, 0.1) is 0 Å². The molecule has 0 aliphatic carbocycles. The number of pyridine rings is 1. The molecular weight excluding hydrogens is 462 g/mol. The molecule has 7 nitrogen and oxygen atoms in total. The lowest BCUT2D eigenvalue weighted by Gasteiger charge is -2.17. The summed E-state index contributed by atoms with van der Waals surface area (Å²) in [5.41, 5.74) is 3.62. The predicted molar refractivity (Wildman–Crippen MR) is 135 cm³/mol. The Bertz CT molecular complexity index is 1580. The molecule has 1 amide bonds. The van der Waals surface area contributed by atoms with Crippen molar-refractivity contribution in [2.24, 2.45) is 0 Å². The third-order valence-corrected chi connectivity index (χ3v) is 6.14. The highest BCUT2D eigenvalue weighted by molar-refractivity contribution is 6.31. The van der Waals surface area contributed by atoms with Crippen molar-refractivity contribution in [1.82, 2.24) is 24.1 Å². The van der Waals surface area contributed by atoms with Gasteiger partial charge in [-0.05, 0) is 23.8 Å². The fourth-order valence-electron chi connectivity index (χ4n) is 4.01. The van der Waals surface area contributed by atoms with Crippen LogP contribution in [-0.4, -0.2) is 37.0 Å². The molecule has 0 saturated carbocycles. The van der Waals surface area contributed by atoms with Gasteiger partial charge >= 0.3 is 0 Å². The molecule has 2 aromatic carbocycles. The van der Waals surface area contributed by atoms with E-state index < -0.39 is 11.5 Å². The van der Waals surface area contributed by atoms with Crippen LogP contribution in [0.5, 0.6) is 0 Å². The third kappa shape index (κ3) is 4.58. The van der Waals surface area contributed by atoms with E-state index in [-0.39, 0.29) is 12.1 Å². The van der Waals surface area contributed by atoms with Crippen LogP contribution >= 0.6 is 11.6 Å². The molecule has 3 aromatic heterocycles. The van der Waals surface area contributed by atoms with Crippen molar-refractivity contribution in [3.8, 4) is 11.3 Å². The second kappa shape index (κ2) is 9.56. The zero-order valence-corrected chi connectivity index (χ0v) is 19.8. The summed E-state index contributed by atoms with van der Waals surface area (Å²) in [5, 5.41) is 5.47. The van der Waals surface area contributed by atoms with Crippen molar-refractivity contribution in [3.63, 3.8) is 0 Å². The Morgan fingerprint density at radius 3 is 2.51 bits per heavy atom. The molecule has 8 heteroatoms. The average molecular weight is 484 g/mol. The quantitative estimate of drug-likeness (QED) is 0.355. The highest BCUT2D eigenvalue weighted by atomic mass is 35.5. The van der Waals surface area contributed by atoms with Gasteiger partial charge in [-0.15, -0.1) is 0 Å². The van der Waals surface area contributed by atoms with Crippen molar-refractivity contribution in [1.29, 1.82) is 0 Å². The van der Waals surface area contributed by atoms with Gasteiger partial charge in [-0.1, -0.05) is 66.2 Å². The first-order valence-corrected chi connectivity index (χ1v) is 11.5. The zero-order chi connectivity index (χ0) is 24.4. The van der Waals surface area contributed by atoms with Crippen LogP contribution in [-0.2, 0) is 13.1 Å². The lowest BCUT2D eigenvalue weighted by molar-refractivity contribution is 0.0783. The second-order valence-electron chi connectivity index (χ2n) is 8.23. The first-order valence-electron chi connectivity index (χ1n) is 11.1. The van der Waals surface area contributed by atoms with Crippen LogP contribution in [0.2, 0.25) is 5.02 Å². The normalized spacial score (nSPS) is 11.0. The highest BCUT2D eigenvalue weighted by Crippen LogP contribution is 2.25. The van der Waals surface area contributed by atoms with Crippen molar-refractivity contribution in [3.05, 3.63) is 123 Å². The lowest BCUT2D eigenvalue weighted by atomic mass is 10.1. The Labute approximate surface area is 206 Å². The summed E-state index contributed by atoms with van der Waals surface area (Å²) in [4.78, 5) is 31.9. The maximum atomic E-state index is 13.2. The highest BCUT2D eigenvalue weighted by Gasteiger charge is 2.21. The first kappa shape index (κ1) is 22.6. The molecular formula is C27H22ClN5O2. The fraction of sp³-hybridized carbons (Fsp3) is 0.111. The van der Waals surface area contributed by atoms with E-state index in [0.29, 0.717) is 17.2 Å². The largest absolute Gasteiger partial charge is 0.337 e. The molecule has 5 aromatic rings. The number of fused-ring (bicyclic) bond motifs is 1. The van der Waals surface area contributed by atoms with E-state index in [2.05, 4.69) is 4.98 Å². The Hall–Kier alpha value is -4.23. The molecule has 0 unspecified atom stereocenters. The second-order valence-corrected chi connectivity index (χ2v) is 8.63. The number of carbonyl (C=O) groups is 1. The van der Waals surface area contributed by atoms with Gasteiger partial charge < -0.3 is 4.90 Å². The first-order chi connectivity index (χ1) is 17.0. The van der Waals surface area contributed by atoms with Crippen molar-refractivity contribution in [2.45, 2.75) is 13.1 Å². The van der Waals surface area contributed by atoms with Gasteiger partial charge in [0.2, 0.25) is 0 Å². The summed E-state index contributed by atoms with van der Waals surface area (Å²) in [6.07, 6.45) is 4.87. The van der Waals surface area contributed by atoms with Gasteiger partial charge in [0.15, 0.2) is 0 Å². The number of aromatic nitrogens is 4. The van der Waals surface area contributed by atoms with Crippen molar-refractivity contribution < 1.29 is 4.79 Å². The Balaban J connectivity index is 1.47. The Morgan fingerprint density at radius 2 is 1.71 bits per heavy atom. The zero-order valence-electron chi connectivity index (χ0n) is 19.0. The van der Waals surface area contributed by atoms with Gasteiger partial charge in [0.05, 0.1) is 12.2 Å². The fourth-order valence-corrected chi connectivity index (χ4v) is 4.20. The molecule has 5 rings (SSSR count). The van der Waals surface area contributed by atoms with Crippen LogP contribution in [0.15, 0.2) is 96.2 Å². The predicted octanol–water partition coefficient (Wildman–Crippen LogP) is 4.53. The van der Waals surface area contributed by atoms with Gasteiger partial charge in [-0.2, -0.15) is 5.10 Å². The lowest BCUT2D eigenvalue weighted by Crippen LogP contribution is -2.33. The minimum atomic E-state index is -0.404. The van der Waals surface area contributed by atoms with Crippen LogP contribution in [0.1, 0.15) is 21.5 Å². The number of amides is 1. The summed E-state index contributed by atoms with van der Waals surface area (Å²) in [6.45, 7) is 0.760. The number of nitrogens with zero attached hydrogens (tertiary/aromatic N) is 5. The number of benzene rings is 2. The number of hydrogen-bond donors (Lipinski definition) is 0. The summed E-state index contributed by atoms with van der Waals surface area (Å²) in [7, 11) is 1.67. The third-order valence-electron chi connectivity index (χ3n) is 5.77. The van der Waals surface area contributed by atoms with E-state index >= 15 is 0 Å².